The van der Waals surface area contributed by atoms with Crippen LogP contribution >= 0.6 is 0 Å². The minimum Gasteiger partial charge on any atom is -0.493 e. The van der Waals surface area contributed by atoms with Gasteiger partial charge in [-0.15, -0.1) is 0 Å². The van der Waals surface area contributed by atoms with E-state index in [0.717, 1.165) is 32.3 Å². The zero-order valence-corrected chi connectivity index (χ0v) is 10.5. The van der Waals surface area contributed by atoms with Crippen molar-refractivity contribution in [1.29, 1.82) is 0 Å². The van der Waals surface area contributed by atoms with Crippen LogP contribution in [0.3, 0.4) is 0 Å². The highest BCUT2D eigenvalue weighted by molar-refractivity contribution is 5.28. The molecule has 1 unspecified atom stereocenters. The molecule has 1 heterocycles. The van der Waals surface area contributed by atoms with Crippen molar-refractivity contribution in [3.8, 4) is 5.75 Å². The maximum atomic E-state index is 13.4. The highest BCUT2D eigenvalue weighted by Crippen LogP contribution is 2.19. The van der Waals surface area contributed by atoms with Crippen LogP contribution in [-0.2, 0) is 11.3 Å². The molecule has 100 valence electrons. The molecular formula is C14H20FNO2. The number of rotatable bonds is 6. The smallest absolute Gasteiger partial charge is 0.131 e. The van der Waals surface area contributed by atoms with E-state index >= 15 is 0 Å². The van der Waals surface area contributed by atoms with Gasteiger partial charge in [-0.3, -0.25) is 0 Å². The molecular weight excluding hydrogens is 233 g/mol. The Morgan fingerprint density at radius 1 is 1.44 bits per heavy atom. The van der Waals surface area contributed by atoms with Crippen LogP contribution in [0.2, 0.25) is 0 Å². The molecule has 18 heavy (non-hydrogen) atoms. The van der Waals surface area contributed by atoms with Crippen molar-refractivity contribution < 1.29 is 13.9 Å². The number of benzene rings is 1. The second-order valence-corrected chi connectivity index (χ2v) is 4.58. The van der Waals surface area contributed by atoms with Gasteiger partial charge in [0.05, 0.1) is 12.7 Å². The van der Waals surface area contributed by atoms with Crippen LogP contribution in [-0.4, -0.2) is 19.3 Å². The van der Waals surface area contributed by atoms with Crippen molar-refractivity contribution in [1.82, 2.24) is 0 Å². The maximum absolute atomic E-state index is 13.4. The van der Waals surface area contributed by atoms with Gasteiger partial charge in [-0.1, -0.05) is 6.07 Å². The molecule has 2 rings (SSSR count). The van der Waals surface area contributed by atoms with E-state index in [1.54, 1.807) is 12.1 Å². The Kier molecular flexibility index (Phi) is 4.96. The lowest BCUT2D eigenvalue weighted by Gasteiger charge is -2.10. The minimum absolute atomic E-state index is 0.213. The summed E-state index contributed by atoms with van der Waals surface area (Å²) in [5.41, 5.74) is 5.91. The third kappa shape index (κ3) is 3.68. The van der Waals surface area contributed by atoms with Crippen molar-refractivity contribution in [2.24, 2.45) is 5.73 Å². The Morgan fingerprint density at radius 3 is 3.00 bits per heavy atom. The number of nitrogens with two attached hydrogens (primary N) is 1. The first kappa shape index (κ1) is 13.3. The summed E-state index contributed by atoms with van der Waals surface area (Å²) in [7, 11) is 0. The lowest BCUT2D eigenvalue weighted by molar-refractivity contribution is 0.0981. The van der Waals surface area contributed by atoms with E-state index < -0.39 is 0 Å². The van der Waals surface area contributed by atoms with Gasteiger partial charge in [0, 0.05) is 24.8 Å². The predicted molar refractivity (Wildman–Crippen MR) is 68.0 cm³/mol. The van der Waals surface area contributed by atoms with E-state index in [0.29, 0.717) is 24.0 Å². The average Bonchev–Trinajstić information content (AvgIpc) is 2.88. The first-order valence-corrected chi connectivity index (χ1v) is 6.52. The van der Waals surface area contributed by atoms with E-state index in [1.807, 2.05) is 0 Å². The Morgan fingerprint density at radius 2 is 2.33 bits per heavy atom. The van der Waals surface area contributed by atoms with Gasteiger partial charge in [-0.05, 0) is 31.7 Å². The number of halogens is 1. The molecule has 1 aliphatic heterocycles. The van der Waals surface area contributed by atoms with Crippen LogP contribution in [0.4, 0.5) is 4.39 Å². The lowest BCUT2D eigenvalue weighted by atomic mass is 10.1. The Hall–Kier alpha value is -1.13. The molecule has 0 bridgehead atoms. The SMILES string of the molecule is NCc1ccc(OCCCC2CCCO2)cc1F. The van der Waals surface area contributed by atoms with Crippen LogP contribution in [0.5, 0.6) is 5.75 Å². The number of ether oxygens (including phenoxy) is 2. The van der Waals surface area contributed by atoms with Gasteiger partial charge in [0.1, 0.15) is 11.6 Å². The monoisotopic (exact) mass is 253 g/mol. The second-order valence-electron chi connectivity index (χ2n) is 4.58. The summed E-state index contributed by atoms with van der Waals surface area (Å²) in [6.07, 6.45) is 4.66. The maximum Gasteiger partial charge on any atom is 0.131 e. The van der Waals surface area contributed by atoms with Gasteiger partial charge in [0.25, 0.3) is 0 Å². The molecule has 4 heteroatoms. The van der Waals surface area contributed by atoms with Crippen LogP contribution in [0.1, 0.15) is 31.2 Å². The summed E-state index contributed by atoms with van der Waals surface area (Å²) in [5.74, 6) is 0.270. The molecule has 0 aromatic heterocycles. The van der Waals surface area contributed by atoms with Gasteiger partial charge >= 0.3 is 0 Å². The lowest BCUT2D eigenvalue weighted by Crippen LogP contribution is -2.08. The van der Waals surface area contributed by atoms with Gasteiger partial charge in [-0.2, -0.15) is 0 Å². The summed E-state index contributed by atoms with van der Waals surface area (Å²) in [6.45, 7) is 1.70. The number of hydrogen-bond acceptors (Lipinski definition) is 3. The average molecular weight is 253 g/mol. The molecule has 1 saturated heterocycles. The van der Waals surface area contributed by atoms with E-state index in [4.69, 9.17) is 15.2 Å². The number of hydrogen-bond donors (Lipinski definition) is 1. The van der Waals surface area contributed by atoms with Crippen LogP contribution in [0, 0.1) is 5.82 Å². The highest BCUT2D eigenvalue weighted by Gasteiger charge is 2.14. The Bertz CT molecular complexity index is 378. The zero-order valence-electron chi connectivity index (χ0n) is 10.5. The predicted octanol–water partition coefficient (Wildman–Crippen LogP) is 2.62. The normalized spacial score (nSPS) is 19.1. The first-order chi connectivity index (χ1) is 8.79. The molecule has 0 radical (unpaired) electrons. The summed E-state index contributed by atoms with van der Waals surface area (Å²) >= 11 is 0. The van der Waals surface area contributed by atoms with Crippen molar-refractivity contribution in [3.05, 3.63) is 29.6 Å². The summed E-state index contributed by atoms with van der Waals surface area (Å²) in [5, 5.41) is 0. The molecule has 1 aliphatic rings. The fourth-order valence-electron chi connectivity index (χ4n) is 2.16. The van der Waals surface area contributed by atoms with Crippen molar-refractivity contribution >= 4 is 0 Å². The summed E-state index contributed by atoms with van der Waals surface area (Å²) in [6, 6.07) is 4.83. The van der Waals surface area contributed by atoms with E-state index in [1.165, 1.54) is 6.07 Å². The second kappa shape index (κ2) is 6.71. The molecule has 0 spiro atoms. The summed E-state index contributed by atoms with van der Waals surface area (Å²) < 4.78 is 24.5. The molecule has 3 nitrogen and oxygen atoms in total. The van der Waals surface area contributed by atoms with Crippen molar-refractivity contribution in [2.45, 2.75) is 38.3 Å². The Balaban J connectivity index is 1.71. The third-order valence-corrected chi connectivity index (χ3v) is 3.21. The fourth-order valence-corrected chi connectivity index (χ4v) is 2.16. The zero-order chi connectivity index (χ0) is 12.8. The van der Waals surface area contributed by atoms with Crippen LogP contribution in [0.25, 0.3) is 0 Å². The first-order valence-electron chi connectivity index (χ1n) is 6.52. The van der Waals surface area contributed by atoms with Gasteiger partial charge < -0.3 is 15.2 Å². The molecule has 1 fully saturated rings. The quantitative estimate of drug-likeness (QED) is 0.793. The van der Waals surface area contributed by atoms with Gasteiger partial charge in [0.2, 0.25) is 0 Å². The fraction of sp³-hybridized carbons (Fsp3) is 0.571. The Labute approximate surface area is 107 Å². The summed E-state index contributed by atoms with van der Waals surface area (Å²) in [4.78, 5) is 0. The van der Waals surface area contributed by atoms with E-state index in [-0.39, 0.29) is 12.4 Å². The molecule has 0 amide bonds. The molecule has 1 aromatic rings. The molecule has 1 atom stereocenters. The van der Waals surface area contributed by atoms with E-state index in [2.05, 4.69) is 0 Å². The van der Waals surface area contributed by atoms with Gasteiger partial charge in [-0.25, -0.2) is 4.39 Å². The molecule has 2 N–H and O–H groups in total. The topological polar surface area (TPSA) is 44.5 Å². The van der Waals surface area contributed by atoms with Crippen molar-refractivity contribution in [3.63, 3.8) is 0 Å². The van der Waals surface area contributed by atoms with Crippen LogP contribution < -0.4 is 10.5 Å². The molecule has 1 aromatic carbocycles. The molecule has 0 saturated carbocycles. The largest absolute Gasteiger partial charge is 0.493 e. The van der Waals surface area contributed by atoms with Crippen molar-refractivity contribution in [2.75, 3.05) is 13.2 Å². The van der Waals surface area contributed by atoms with E-state index in [9.17, 15) is 4.39 Å². The molecule has 0 aliphatic carbocycles. The van der Waals surface area contributed by atoms with Gasteiger partial charge in [0.15, 0.2) is 0 Å². The van der Waals surface area contributed by atoms with Crippen LogP contribution in [0.15, 0.2) is 18.2 Å². The standard InChI is InChI=1S/C14H20FNO2/c15-14-9-13(6-5-11(14)10-16)18-8-2-4-12-3-1-7-17-12/h5-6,9,12H,1-4,7-8,10,16H2. The minimum atomic E-state index is -0.297. The highest BCUT2D eigenvalue weighted by atomic mass is 19.1. The third-order valence-electron chi connectivity index (χ3n) is 3.21.